The molecule has 0 saturated heterocycles. The highest BCUT2D eigenvalue weighted by Crippen LogP contribution is 2.24. The number of pyridine rings is 1. The lowest BCUT2D eigenvalue weighted by molar-refractivity contribution is -0.122. The fourth-order valence-corrected chi connectivity index (χ4v) is 4.48. The summed E-state index contributed by atoms with van der Waals surface area (Å²) in [5, 5.41) is 5.84. The molecular weight excluding hydrogens is 436 g/mol. The van der Waals surface area contributed by atoms with Gasteiger partial charge in [0.1, 0.15) is 13.2 Å². The highest BCUT2D eigenvalue weighted by molar-refractivity contribution is 7.91. The van der Waals surface area contributed by atoms with Crippen molar-refractivity contribution in [3.05, 3.63) is 51.9 Å². The summed E-state index contributed by atoms with van der Waals surface area (Å²) >= 11 is 0. The van der Waals surface area contributed by atoms with E-state index in [1.165, 1.54) is 18.2 Å². The Kier molecular flexibility index (Phi) is 8.24. The number of aromatic nitrogens is 1. The minimum absolute atomic E-state index is 0.00686. The Morgan fingerprint density at radius 1 is 1.22 bits per heavy atom. The lowest BCUT2D eigenvalue weighted by atomic mass is 10.1. The smallest absolute Gasteiger partial charge is 0.272 e. The first kappa shape index (κ1) is 24.7. The summed E-state index contributed by atoms with van der Waals surface area (Å²) in [6.07, 6.45) is 1.73. The van der Waals surface area contributed by atoms with E-state index >= 15 is 0 Å². The molecule has 0 atom stereocenters. The molecule has 0 saturated carbocycles. The van der Waals surface area contributed by atoms with Crippen LogP contribution in [0.25, 0.3) is 0 Å². The topological polar surface area (TPSA) is 185 Å². The van der Waals surface area contributed by atoms with Crippen molar-refractivity contribution < 1.29 is 18.0 Å². The summed E-state index contributed by atoms with van der Waals surface area (Å²) in [5.74, 6) is -0.783. The number of guanidine groups is 1. The number of sulfone groups is 1. The van der Waals surface area contributed by atoms with Gasteiger partial charge >= 0.3 is 0 Å². The van der Waals surface area contributed by atoms with E-state index in [0.717, 1.165) is 23.0 Å². The maximum absolute atomic E-state index is 13.1. The molecule has 2 aromatic rings. The largest absolute Gasteiger partial charge is 0.397 e. The van der Waals surface area contributed by atoms with Crippen LogP contribution in [0.2, 0.25) is 0 Å². The standard InChI is InChI=1S/C20H28N6O5S/c1-3-4-14-5-7-15(8-6-14)32(29,30)18-16(21)11-13(2)26(19(18)28)12-17(27)24-9-10-31-25-20(22)23/h5-8,11H,3-4,9-10,12,21H2,1-2H3,(H,24,27)(H4,22,23,25). The van der Waals surface area contributed by atoms with Crippen LogP contribution in [-0.2, 0) is 32.4 Å². The Labute approximate surface area is 186 Å². The number of nitrogens with two attached hydrogens (primary N) is 3. The number of anilines is 1. The summed E-state index contributed by atoms with van der Waals surface area (Å²) in [5.41, 5.74) is 16.4. The Balaban J connectivity index is 2.28. The van der Waals surface area contributed by atoms with Crippen molar-refractivity contribution in [1.82, 2.24) is 9.88 Å². The minimum atomic E-state index is -4.19. The number of rotatable bonds is 10. The van der Waals surface area contributed by atoms with Gasteiger partial charge in [0.25, 0.3) is 5.56 Å². The fraction of sp³-hybridized carbons (Fsp3) is 0.350. The molecule has 0 aliphatic heterocycles. The van der Waals surface area contributed by atoms with Crippen molar-refractivity contribution in [2.45, 2.75) is 43.0 Å². The quantitative estimate of drug-likeness (QED) is 0.162. The normalized spacial score (nSPS) is 11.1. The van der Waals surface area contributed by atoms with Gasteiger partial charge < -0.3 is 31.9 Å². The molecule has 1 heterocycles. The molecule has 0 fully saturated rings. The van der Waals surface area contributed by atoms with Crippen LogP contribution in [0.1, 0.15) is 24.6 Å². The number of benzene rings is 1. The van der Waals surface area contributed by atoms with E-state index in [1.54, 1.807) is 19.1 Å². The van der Waals surface area contributed by atoms with Crippen LogP contribution in [0, 0.1) is 6.92 Å². The third-order valence-electron chi connectivity index (χ3n) is 4.52. The van der Waals surface area contributed by atoms with Gasteiger partial charge in [0.2, 0.25) is 21.7 Å². The Bertz CT molecular complexity index is 1150. The zero-order chi connectivity index (χ0) is 23.9. The van der Waals surface area contributed by atoms with Crippen LogP contribution in [0.5, 0.6) is 0 Å². The minimum Gasteiger partial charge on any atom is -0.397 e. The van der Waals surface area contributed by atoms with Crippen molar-refractivity contribution in [2.75, 3.05) is 18.9 Å². The van der Waals surface area contributed by atoms with Crippen molar-refractivity contribution in [3.63, 3.8) is 0 Å². The number of nitrogens with zero attached hydrogens (tertiary/aromatic N) is 2. The Morgan fingerprint density at radius 3 is 2.47 bits per heavy atom. The van der Waals surface area contributed by atoms with Crippen molar-refractivity contribution in [1.29, 1.82) is 0 Å². The van der Waals surface area contributed by atoms with Gasteiger partial charge in [-0.2, -0.15) is 0 Å². The summed E-state index contributed by atoms with van der Waals surface area (Å²) in [7, 11) is -4.19. The first-order chi connectivity index (χ1) is 15.1. The first-order valence-corrected chi connectivity index (χ1v) is 11.4. The summed E-state index contributed by atoms with van der Waals surface area (Å²) < 4.78 is 27.4. The molecule has 2 rings (SSSR count). The average molecular weight is 465 g/mol. The molecule has 0 bridgehead atoms. The average Bonchev–Trinajstić information content (AvgIpc) is 2.71. The molecule has 0 radical (unpaired) electrons. The molecule has 32 heavy (non-hydrogen) atoms. The van der Waals surface area contributed by atoms with Crippen molar-refractivity contribution in [2.24, 2.45) is 16.6 Å². The molecule has 1 aromatic heterocycles. The summed E-state index contributed by atoms with van der Waals surface area (Å²) in [4.78, 5) is 29.4. The van der Waals surface area contributed by atoms with E-state index in [0.29, 0.717) is 5.69 Å². The number of hydrogen-bond acceptors (Lipinski definition) is 7. The van der Waals surface area contributed by atoms with E-state index in [1.807, 2.05) is 6.92 Å². The van der Waals surface area contributed by atoms with Crippen LogP contribution in [-0.4, -0.2) is 38.0 Å². The number of carbonyl (C=O) groups is 1. The molecule has 1 aromatic carbocycles. The number of oxime groups is 1. The van der Waals surface area contributed by atoms with E-state index in [9.17, 15) is 18.0 Å². The van der Waals surface area contributed by atoms with E-state index in [-0.39, 0.29) is 29.7 Å². The third kappa shape index (κ3) is 6.00. The number of hydrogen-bond donors (Lipinski definition) is 4. The molecular formula is C20H28N6O5S. The maximum Gasteiger partial charge on any atom is 0.272 e. The second-order valence-corrected chi connectivity index (χ2v) is 8.94. The SMILES string of the molecule is CCCc1ccc(S(=O)(=O)c2c(N)cc(C)n(CC(=O)NCCON=C(N)N)c2=O)cc1. The zero-order valence-electron chi connectivity index (χ0n) is 18.0. The van der Waals surface area contributed by atoms with Crippen molar-refractivity contribution in [3.8, 4) is 0 Å². The predicted octanol–water partition coefficient (Wildman–Crippen LogP) is -0.155. The second-order valence-electron chi connectivity index (χ2n) is 7.06. The van der Waals surface area contributed by atoms with Crippen LogP contribution in [0.15, 0.2) is 50.1 Å². The van der Waals surface area contributed by atoms with Crippen LogP contribution < -0.4 is 28.1 Å². The highest BCUT2D eigenvalue weighted by atomic mass is 32.2. The number of nitrogens with one attached hydrogen (secondary N) is 1. The molecule has 7 N–H and O–H groups in total. The van der Waals surface area contributed by atoms with Gasteiger partial charge in [-0.25, -0.2) is 8.42 Å². The van der Waals surface area contributed by atoms with E-state index < -0.39 is 32.7 Å². The molecule has 0 aliphatic carbocycles. The van der Waals surface area contributed by atoms with Crippen LogP contribution in [0.4, 0.5) is 5.69 Å². The molecule has 0 aliphatic rings. The lowest BCUT2D eigenvalue weighted by Gasteiger charge is -2.15. The molecule has 11 nitrogen and oxygen atoms in total. The van der Waals surface area contributed by atoms with Crippen molar-refractivity contribution >= 4 is 27.4 Å². The van der Waals surface area contributed by atoms with E-state index in [4.69, 9.17) is 22.0 Å². The second kappa shape index (κ2) is 10.7. The Hall–Kier alpha value is -3.54. The molecule has 1 amide bonds. The van der Waals surface area contributed by atoms with Crippen LogP contribution in [0.3, 0.4) is 0 Å². The maximum atomic E-state index is 13.1. The third-order valence-corrected chi connectivity index (χ3v) is 6.36. The monoisotopic (exact) mass is 464 g/mol. The first-order valence-electron chi connectivity index (χ1n) is 9.89. The predicted molar refractivity (Wildman–Crippen MR) is 121 cm³/mol. The van der Waals surface area contributed by atoms with Crippen LogP contribution >= 0.6 is 0 Å². The molecule has 174 valence electrons. The Morgan fingerprint density at radius 2 is 1.88 bits per heavy atom. The van der Waals surface area contributed by atoms with E-state index in [2.05, 4.69) is 10.5 Å². The summed E-state index contributed by atoms with van der Waals surface area (Å²) in [6, 6.07) is 7.67. The molecule has 12 heteroatoms. The van der Waals surface area contributed by atoms with Gasteiger partial charge in [0, 0.05) is 5.69 Å². The number of carbonyl (C=O) groups excluding carboxylic acids is 1. The lowest BCUT2D eigenvalue weighted by Crippen LogP contribution is -2.37. The number of nitrogen functional groups attached to an aromatic ring is 1. The number of amides is 1. The molecule has 0 spiro atoms. The zero-order valence-corrected chi connectivity index (χ0v) is 18.8. The van der Waals surface area contributed by atoms with Gasteiger partial charge in [0.05, 0.1) is 17.1 Å². The molecule has 0 unspecified atom stereocenters. The number of aryl methyl sites for hydroxylation is 2. The fourth-order valence-electron chi connectivity index (χ4n) is 3.04. The highest BCUT2D eigenvalue weighted by Gasteiger charge is 2.27. The summed E-state index contributed by atoms with van der Waals surface area (Å²) in [6.45, 7) is 3.27. The van der Waals surface area contributed by atoms with Gasteiger partial charge in [-0.3, -0.25) is 9.59 Å². The van der Waals surface area contributed by atoms with Gasteiger partial charge in [-0.15, -0.1) is 0 Å². The van der Waals surface area contributed by atoms with Gasteiger partial charge in [-0.1, -0.05) is 25.5 Å². The van der Waals surface area contributed by atoms with Gasteiger partial charge in [-0.05, 0) is 42.3 Å². The van der Waals surface area contributed by atoms with Gasteiger partial charge in [0.15, 0.2) is 4.90 Å².